The first-order chi connectivity index (χ1) is 26.8. The second kappa shape index (κ2) is 40.9. The summed E-state index contributed by atoms with van der Waals surface area (Å²) in [6.07, 6.45) is 53.4. The van der Waals surface area contributed by atoms with Crippen LogP contribution in [0.1, 0.15) is 168 Å². The second-order valence-electron chi connectivity index (χ2n) is 13.7. The van der Waals surface area contributed by atoms with Crippen LogP contribution in [0.2, 0.25) is 0 Å². The van der Waals surface area contributed by atoms with Crippen molar-refractivity contribution < 1.29 is 37.6 Å². The van der Waals surface area contributed by atoms with E-state index in [1.165, 1.54) is 19.3 Å². The molecule has 0 aromatic heterocycles. The molecule has 0 aromatic carbocycles. The molecule has 8 nitrogen and oxygen atoms in total. The van der Waals surface area contributed by atoms with Gasteiger partial charge in [0, 0.05) is 20.0 Å². The Morgan fingerprint density at radius 1 is 0.509 bits per heavy atom. The van der Waals surface area contributed by atoms with Crippen LogP contribution >= 0.6 is 7.82 Å². The summed E-state index contributed by atoms with van der Waals surface area (Å²) in [5.74, 6) is -0.839. The van der Waals surface area contributed by atoms with Crippen molar-refractivity contribution in [3.63, 3.8) is 0 Å². The molecule has 0 heterocycles. The van der Waals surface area contributed by atoms with Crippen LogP contribution in [-0.2, 0) is 32.7 Å². The van der Waals surface area contributed by atoms with Gasteiger partial charge < -0.3 is 14.4 Å². The Hall–Kier alpha value is -2.77. The fraction of sp³-hybridized carbons (Fsp3) is 0.652. The number of carbonyl (C=O) groups is 2. The predicted octanol–water partition coefficient (Wildman–Crippen LogP) is 13.5. The molecular formula is C46H77O8P. The van der Waals surface area contributed by atoms with Crippen LogP contribution in [0.25, 0.3) is 0 Å². The van der Waals surface area contributed by atoms with E-state index in [9.17, 15) is 19.0 Å². The van der Waals surface area contributed by atoms with Crippen molar-refractivity contribution in [2.45, 2.75) is 174 Å². The SMILES string of the molecule is CC/C=C\C/C=C\C/C=C\C/C=C\CCCCCCCCC(=O)OC(COC(=O)CCCCCCCCC/C=C\C/C=C\C/C=C\CC)COP(=O)(O)OC. The molecular weight excluding hydrogens is 711 g/mol. The number of allylic oxidation sites excluding steroid dienone is 14. The molecule has 2 atom stereocenters. The van der Waals surface area contributed by atoms with Gasteiger partial charge >= 0.3 is 19.8 Å². The average Bonchev–Trinajstić information content (AvgIpc) is 3.18. The predicted molar refractivity (Wildman–Crippen MR) is 230 cm³/mol. The molecule has 0 saturated heterocycles. The summed E-state index contributed by atoms with van der Waals surface area (Å²) in [4.78, 5) is 34.5. The van der Waals surface area contributed by atoms with Gasteiger partial charge in [0.15, 0.2) is 6.10 Å². The quantitative estimate of drug-likeness (QED) is 0.0285. The molecule has 2 unspecified atom stereocenters. The number of ether oxygens (including phenoxy) is 2. The highest BCUT2D eigenvalue weighted by Crippen LogP contribution is 2.42. The average molecular weight is 789 g/mol. The van der Waals surface area contributed by atoms with Crippen LogP contribution in [0, 0.1) is 0 Å². The minimum Gasteiger partial charge on any atom is -0.462 e. The summed E-state index contributed by atoms with van der Waals surface area (Å²) in [5.41, 5.74) is 0. The topological polar surface area (TPSA) is 108 Å². The number of phosphoric acid groups is 1. The Morgan fingerprint density at radius 3 is 1.29 bits per heavy atom. The standard InChI is InChI=1S/C46H77O8P/c1-4-6-8-10-12-14-16-18-20-22-23-25-27-29-31-33-35-37-39-41-46(48)54-44(43-53-55(49,50)51-3)42-52-45(47)40-38-36-34-32-30-28-26-24-21-19-17-15-13-11-9-7-5-2/h6-9,12-15,18-21,23,25,44H,4-5,10-11,16-17,22,24,26-43H2,1-3H3,(H,49,50)/b8-6-,9-7-,14-12-,15-13-,20-18-,21-19-,25-23-. The third-order valence-corrected chi connectivity index (χ3v) is 9.57. The Bertz CT molecular complexity index is 1170. The third kappa shape index (κ3) is 40.7. The number of carbonyl (C=O) groups excluding carboxylic acids is 2. The zero-order chi connectivity index (χ0) is 40.3. The number of hydrogen-bond donors (Lipinski definition) is 1. The minimum atomic E-state index is -4.27. The van der Waals surface area contributed by atoms with Crippen LogP contribution in [0.4, 0.5) is 0 Å². The maximum Gasteiger partial charge on any atom is 0.472 e. The molecule has 0 aliphatic carbocycles. The van der Waals surface area contributed by atoms with E-state index < -0.39 is 26.5 Å². The van der Waals surface area contributed by atoms with Gasteiger partial charge in [0.25, 0.3) is 0 Å². The highest BCUT2D eigenvalue weighted by atomic mass is 31.2. The number of hydrogen-bond acceptors (Lipinski definition) is 7. The van der Waals surface area contributed by atoms with Gasteiger partial charge in [0.2, 0.25) is 0 Å². The molecule has 0 aliphatic heterocycles. The molecule has 0 aromatic rings. The van der Waals surface area contributed by atoms with Gasteiger partial charge in [0.05, 0.1) is 6.61 Å². The maximum atomic E-state index is 12.5. The van der Waals surface area contributed by atoms with Crippen LogP contribution in [0.3, 0.4) is 0 Å². The normalized spacial score (nSPS) is 14.2. The molecule has 0 spiro atoms. The fourth-order valence-electron chi connectivity index (χ4n) is 5.43. The van der Waals surface area contributed by atoms with Crippen molar-refractivity contribution in [1.82, 2.24) is 0 Å². The number of esters is 2. The van der Waals surface area contributed by atoms with Gasteiger partial charge in [-0.25, -0.2) is 4.57 Å². The van der Waals surface area contributed by atoms with Crippen LogP contribution in [0.15, 0.2) is 85.1 Å². The van der Waals surface area contributed by atoms with Gasteiger partial charge in [-0.1, -0.05) is 157 Å². The maximum absolute atomic E-state index is 12.5. The van der Waals surface area contributed by atoms with Crippen molar-refractivity contribution in [3.8, 4) is 0 Å². The van der Waals surface area contributed by atoms with Gasteiger partial charge in [-0.05, 0) is 83.5 Å². The lowest BCUT2D eigenvalue weighted by atomic mass is 10.1. The molecule has 0 rings (SSSR count). The van der Waals surface area contributed by atoms with Gasteiger partial charge in [-0.15, -0.1) is 0 Å². The lowest BCUT2D eigenvalue weighted by molar-refractivity contribution is -0.161. The Balaban J connectivity index is 4.06. The van der Waals surface area contributed by atoms with E-state index in [-0.39, 0.29) is 25.4 Å². The van der Waals surface area contributed by atoms with Crippen molar-refractivity contribution >= 4 is 19.8 Å². The Morgan fingerprint density at radius 2 is 0.873 bits per heavy atom. The van der Waals surface area contributed by atoms with E-state index >= 15 is 0 Å². The zero-order valence-electron chi connectivity index (χ0n) is 34.8. The van der Waals surface area contributed by atoms with E-state index in [4.69, 9.17) is 14.0 Å². The zero-order valence-corrected chi connectivity index (χ0v) is 35.7. The van der Waals surface area contributed by atoms with Crippen molar-refractivity contribution in [1.29, 1.82) is 0 Å². The van der Waals surface area contributed by atoms with Crippen molar-refractivity contribution in [2.24, 2.45) is 0 Å². The Kier molecular flexibility index (Phi) is 38.8. The first-order valence-electron chi connectivity index (χ1n) is 21.3. The lowest BCUT2D eigenvalue weighted by Gasteiger charge is -2.19. The van der Waals surface area contributed by atoms with E-state index in [1.807, 2.05) is 0 Å². The monoisotopic (exact) mass is 789 g/mol. The Labute approximate surface area is 335 Å². The highest BCUT2D eigenvalue weighted by Gasteiger charge is 2.24. The van der Waals surface area contributed by atoms with Crippen LogP contribution < -0.4 is 0 Å². The van der Waals surface area contributed by atoms with Crippen molar-refractivity contribution in [3.05, 3.63) is 85.1 Å². The first kappa shape index (κ1) is 52.2. The molecule has 0 bridgehead atoms. The summed E-state index contributed by atoms with van der Waals surface area (Å²) in [5, 5.41) is 0. The summed E-state index contributed by atoms with van der Waals surface area (Å²) in [7, 11) is -3.22. The molecule has 1 N–H and O–H groups in total. The van der Waals surface area contributed by atoms with Crippen LogP contribution in [-0.4, -0.2) is 43.3 Å². The van der Waals surface area contributed by atoms with E-state index in [2.05, 4.69) is 103 Å². The first-order valence-corrected chi connectivity index (χ1v) is 22.8. The molecule has 0 fully saturated rings. The third-order valence-electron chi connectivity index (χ3n) is 8.63. The molecule has 55 heavy (non-hydrogen) atoms. The van der Waals surface area contributed by atoms with E-state index in [0.717, 1.165) is 123 Å². The largest absolute Gasteiger partial charge is 0.472 e. The minimum absolute atomic E-state index is 0.221. The summed E-state index contributed by atoms with van der Waals surface area (Å²) in [6, 6.07) is 0. The molecule has 0 amide bonds. The van der Waals surface area contributed by atoms with E-state index in [1.54, 1.807) is 0 Å². The molecule has 0 aliphatic rings. The van der Waals surface area contributed by atoms with Crippen molar-refractivity contribution in [2.75, 3.05) is 20.3 Å². The number of unbranched alkanes of at least 4 members (excludes halogenated alkanes) is 13. The fourth-order valence-corrected chi connectivity index (χ4v) is 5.89. The lowest BCUT2D eigenvalue weighted by Crippen LogP contribution is -2.29. The smallest absolute Gasteiger partial charge is 0.462 e. The molecule has 314 valence electrons. The van der Waals surface area contributed by atoms with Crippen LogP contribution in [0.5, 0.6) is 0 Å². The summed E-state index contributed by atoms with van der Waals surface area (Å²) in [6.45, 7) is 3.64. The molecule has 0 saturated carbocycles. The number of phosphoric ester groups is 1. The summed E-state index contributed by atoms with van der Waals surface area (Å²) < 4.78 is 32.0. The molecule has 0 radical (unpaired) electrons. The number of rotatable bonds is 38. The second-order valence-corrected chi connectivity index (χ2v) is 15.3. The molecule has 9 heteroatoms. The van der Waals surface area contributed by atoms with Gasteiger partial charge in [-0.3, -0.25) is 18.6 Å². The van der Waals surface area contributed by atoms with Gasteiger partial charge in [-0.2, -0.15) is 0 Å². The highest BCUT2D eigenvalue weighted by molar-refractivity contribution is 7.47. The van der Waals surface area contributed by atoms with Gasteiger partial charge in [0.1, 0.15) is 6.61 Å². The summed E-state index contributed by atoms with van der Waals surface area (Å²) >= 11 is 0. The van der Waals surface area contributed by atoms with E-state index in [0.29, 0.717) is 6.42 Å².